The maximum Gasteiger partial charge on any atom is 0.249 e. The molecule has 2 aromatic rings. The Bertz CT molecular complexity index is 775. The van der Waals surface area contributed by atoms with E-state index >= 15 is 0 Å². The first-order valence-electron chi connectivity index (χ1n) is 9.45. The van der Waals surface area contributed by atoms with Crippen LogP contribution in [0.15, 0.2) is 24.3 Å². The maximum atomic E-state index is 12.7. The van der Waals surface area contributed by atoms with Gasteiger partial charge < -0.3 is 5.32 Å². The minimum absolute atomic E-state index is 0.0275. The Hall–Kier alpha value is -2.28. The molecule has 0 aliphatic heterocycles. The maximum absolute atomic E-state index is 12.7. The van der Waals surface area contributed by atoms with Crippen LogP contribution in [0.25, 0.3) is 10.6 Å². The third-order valence-corrected chi connectivity index (χ3v) is 5.38. The van der Waals surface area contributed by atoms with Crippen LogP contribution < -0.4 is 10.6 Å². The van der Waals surface area contributed by atoms with Crippen molar-refractivity contribution in [2.24, 2.45) is 5.92 Å². The first-order chi connectivity index (χ1) is 12.9. The second kappa shape index (κ2) is 10.2. The molecule has 2 amide bonds. The number of aromatic nitrogens is 2. The highest BCUT2D eigenvalue weighted by atomic mass is 32.1. The number of unbranched alkanes of at least 4 members (excludes halogenated alkanes) is 1. The number of hydrogen-bond donors (Lipinski definition) is 2. The number of nitrogens with zero attached hydrogens (tertiary/aromatic N) is 2. The molecule has 2 rings (SSSR count). The van der Waals surface area contributed by atoms with Gasteiger partial charge in [0.25, 0.3) is 0 Å². The van der Waals surface area contributed by atoms with Gasteiger partial charge in [0.05, 0.1) is 0 Å². The minimum atomic E-state index is -0.578. The van der Waals surface area contributed by atoms with Gasteiger partial charge in [-0.15, -0.1) is 10.2 Å². The molecular weight excluding hydrogens is 360 g/mol. The largest absolute Gasteiger partial charge is 0.344 e. The quantitative estimate of drug-likeness (QED) is 0.675. The normalized spacial score (nSPS) is 13.0. The summed E-state index contributed by atoms with van der Waals surface area (Å²) in [5.74, 6) is -0.309. The van der Waals surface area contributed by atoms with Gasteiger partial charge >= 0.3 is 0 Å². The lowest BCUT2D eigenvalue weighted by atomic mass is 9.98. The highest BCUT2D eigenvalue weighted by Crippen LogP contribution is 2.27. The molecule has 2 N–H and O–H groups in total. The molecule has 0 saturated carbocycles. The van der Waals surface area contributed by atoms with Crippen LogP contribution in [0.1, 0.15) is 52.0 Å². The summed E-state index contributed by atoms with van der Waals surface area (Å²) in [6.07, 6.45) is 2.99. The number of nitrogens with one attached hydrogen (secondary N) is 2. The smallest absolute Gasteiger partial charge is 0.249 e. The van der Waals surface area contributed by atoms with Crippen LogP contribution in [-0.2, 0) is 9.59 Å². The van der Waals surface area contributed by atoms with Crippen LogP contribution in [-0.4, -0.2) is 28.1 Å². The van der Waals surface area contributed by atoms with Gasteiger partial charge in [-0.25, -0.2) is 0 Å². The third-order valence-electron chi connectivity index (χ3n) is 4.49. The van der Waals surface area contributed by atoms with Crippen molar-refractivity contribution in [1.29, 1.82) is 0 Å². The summed E-state index contributed by atoms with van der Waals surface area (Å²) in [7, 11) is 0. The van der Waals surface area contributed by atoms with Gasteiger partial charge in [0.15, 0.2) is 0 Å². The van der Waals surface area contributed by atoms with Crippen LogP contribution in [0, 0.1) is 12.8 Å². The molecule has 1 aromatic heterocycles. The number of aryl methyl sites for hydroxylation is 1. The molecule has 6 nitrogen and oxygen atoms in total. The molecule has 0 aliphatic rings. The van der Waals surface area contributed by atoms with Gasteiger partial charge in [0.1, 0.15) is 11.0 Å². The second-order valence-electron chi connectivity index (χ2n) is 6.81. The average molecular weight is 389 g/mol. The van der Waals surface area contributed by atoms with Gasteiger partial charge in [-0.2, -0.15) is 0 Å². The van der Waals surface area contributed by atoms with Crippen molar-refractivity contribution in [3.8, 4) is 10.6 Å². The van der Waals surface area contributed by atoms with Crippen LogP contribution >= 0.6 is 11.3 Å². The summed E-state index contributed by atoms with van der Waals surface area (Å²) in [5.41, 5.74) is 2.11. The summed E-state index contributed by atoms with van der Waals surface area (Å²) in [6, 6.07) is 7.41. The molecule has 7 heteroatoms. The van der Waals surface area contributed by atoms with E-state index in [0.717, 1.165) is 35.4 Å². The summed E-state index contributed by atoms with van der Waals surface area (Å²) in [4.78, 5) is 24.8. The Morgan fingerprint density at radius 1 is 1.22 bits per heavy atom. The highest BCUT2D eigenvalue weighted by molar-refractivity contribution is 7.18. The van der Waals surface area contributed by atoms with Gasteiger partial charge in [-0.3, -0.25) is 14.9 Å². The van der Waals surface area contributed by atoms with Crippen molar-refractivity contribution in [1.82, 2.24) is 15.5 Å². The van der Waals surface area contributed by atoms with E-state index in [-0.39, 0.29) is 17.7 Å². The summed E-state index contributed by atoms with van der Waals surface area (Å²) in [6.45, 7) is 8.02. The molecule has 0 bridgehead atoms. The lowest BCUT2D eigenvalue weighted by Crippen LogP contribution is -2.47. The molecule has 0 saturated heterocycles. The van der Waals surface area contributed by atoms with Crippen LogP contribution in [0.4, 0.5) is 5.13 Å². The van der Waals surface area contributed by atoms with E-state index in [1.807, 2.05) is 52.0 Å². The number of rotatable bonds is 9. The molecule has 2 atom stereocenters. The van der Waals surface area contributed by atoms with E-state index in [1.54, 1.807) is 0 Å². The number of hydrogen-bond acceptors (Lipinski definition) is 5. The van der Waals surface area contributed by atoms with Crippen molar-refractivity contribution >= 4 is 28.3 Å². The van der Waals surface area contributed by atoms with Crippen molar-refractivity contribution in [3.63, 3.8) is 0 Å². The molecule has 0 aliphatic carbocycles. The van der Waals surface area contributed by atoms with Crippen molar-refractivity contribution in [2.45, 2.75) is 59.4 Å². The van der Waals surface area contributed by atoms with E-state index in [0.29, 0.717) is 11.6 Å². The fourth-order valence-electron chi connectivity index (χ4n) is 2.64. The molecule has 2 unspecified atom stereocenters. The monoisotopic (exact) mass is 388 g/mol. The van der Waals surface area contributed by atoms with E-state index in [2.05, 4.69) is 20.8 Å². The van der Waals surface area contributed by atoms with Gasteiger partial charge in [0, 0.05) is 12.0 Å². The Morgan fingerprint density at radius 2 is 2.00 bits per heavy atom. The predicted octanol–water partition coefficient (Wildman–Crippen LogP) is 4.17. The second-order valence-corrected chi connectivity index (χ2v) is 7.78. The molecule has 0 radical (unpaired) electrons. The SMILES string of the molecule is CCCCC(=O)NC(C(=O)Nc1nnc(-c2cccc(C)c2)s1)C(C)CC. The van der Waals surface area contributed by atoms with E-state index in [9.17, 15) is 9.59 Å². The third kappa shape index (κ3) is 6.13. The van der Waals surface area contributed by atoms with Gasteiger partial charge in [-0.1, -0.05) is 68.7 Å². The van der Waals surface area contributed by atoms with Crippen LogP contribution in [0.2, 0.25) is 0 Å². The minimum Gasteiger partial charge on any atom is -0.344 e. The molecule has 146 valence electrons. The Labute approximate surface area is 164 Å². The fourth-order valence-corrected chi connectivity index (χ4v) is 3.38. The van der Waals surface area contributed by atoms with Crippen LogP contribution in [0.5, 0.6) is 0 Å². The Balaban J connectivity index is 2.07. The number of amides is 2. The lowest BCUT2D eigenvalue weighted by Gasteiger charge is -2.22. The predicted molar refractivity (Wildman–Crippen MR) is 110 cm³/mol. The molecule has 0 fully saturated rings. The van der Waals surface area contributed by atoms with Gasteiger partial charge in [-0.05, 0) is 25.3 Å². The van der Waals surface area contributed by atoms with Crippen molar-refractivity contribution < 1.29 is 9.59 Å². The summed E-state index contributed by atoms with van der Waals surface area (Å²) in [5, 5.41) is 15.1. The van der Waals surface area contributed by atoms with E-state index in [1.165, 1.54) is 11.3 Å². The first-order valence-corrected chi connectivity index (χ1v) is 10.3. The Kier molecular flexibility index (Phi) is 7.91. The topological polar surface area (TPSA) is 84.0 Å². The zero-order chi connectivity index (χ0) is 19.8. The molecule has 1 heterocycles. The standard InChI is InChI=1S/C20H28N4O2S/c1-5-7-11-16(25)21-17(14(4)6-2)18(26)22-20-24-23-19(27-20)15-10-8-9-13(3)12-15/h8-10,12,14,17H,5-7,11H2,1-4H3,(H,21,25)(H,22,24,26). The Morgan fingerprint density at radius 3 is 2.67 bits per heavy atom. The zero-order valence-corrected chi connectivity index (χ0v) is 17.2. The van der Waals surface area contributed by atoms with E-state index < -0.39 is 6.04 Å². The van der Waals surface area contributed by atoms with Crippen molar-refractivity contribution in [2.75, 3.05) is 5.32 Å². The molecular formula is C20H28N4O2S. The van der Waals surface area contributed by atoms with Gasteiger partial charge in [0.2, 0.25) is 16.9 Å². The summed E-state index contributed by atoms with van der Waals surface area (Å²) < 4.78 is 0. The number of anilines is 1. The lowest BCUT2D eigenvalue weighted by molar-refractivity contribution is -0.127. The summed E-state index contributed by atoms with van der Waals surface area (Å²) >= 11 is 1.33. The number of carbonyl (C=O) groups is 2. The van der Waals surface area contributed by atoms with E-state index in [4.69, 9.17) is 0 Å². The number of benzene rings is 1. The van der Waals surface area contributed by atoms with Crippen molar-refractivity contribution in [3.05, 3.63) is 29.8 Å². The first kappa shape index (κ1) is 21.0. The highest BCUT2D eigenvalue weighted by Gasteiger charge is 2.26. The molecule has 27 heavy (non-hydrogen) atoms. The zero-order valence-electron chi connectivity index (χ0n) is 16.4. The fraction of sp³-hybridized carbons (Fsp3) is 0.500. The average Bonchev–Trinajstić information content (AvgIpc) is 3.12. The molecule has 0 spiro atoms. The van der Waals surface area contributed by atoms with Crippen LogP contribution in [0.3, 0.4) is 0 Å². The number of carbonyl (C=O) groups excluding carboxylic acids is 2. The molecule has 1 aromatic carbocycles.